The van der Waals surface area contributed by atoms with E-state index in [4.69, 9.17) is 0 Å². The van der Waals surface area contributed by atoms with Crippen LogP contribution < -0.4 is 0 Å². The molecule has 2 aliphatic carbocycles. The van der Waals surface area contributed by atoms with Gasteiger partial charge < -0.3 is 10.2 Å². The topological polar surface area (TPSA) is 57.5 Å². The van der Waals surface area contributed by atoms with Gasteiger partial charge in [0.15, 0.2) is 0 Å². The Morgan fingerprint density at radius 2 is 1.94 bits per heavy atom. The van der Waals surface area contributed by atoms with Gasteiger partial charge in [-0.05, 0) is 56.8 Å². The van der Waals surface area contributed by atoms with Gasteiger partial charge in [0.25, 0.3) is 0 Å². The van der Waals surface area contributed by atoms with Crippen molar-refractivity contribution in [2.75, 3.05) is 0 Å². The average molecular weight is 254 g/mol. The van der Waals surface area contributed by atoms with E-state index in [2.05, 4.69) is 13.8 Å². The SMILES string of the molecule is CC(=O)C1CCC2C1C(C(C)C)CC(O)C2(C)O. The second-order valence-electron chi connectivity index (χ2n) is 6.86. The van der Waals surface area contributed by atoms with Crippen LogP contribution in [0.1, 0.15) is 47.0 Å². The van der Waals surface area contributed by atoms with Crippen molar-refractivity contribution in [2.24, 2.45) is 29.6 Å². The average Bonchev–Trinajstić information content (AvgIpc) is 2.68. The second kappa shape index (κ2) is 4.61. The number of hydrogen-bond donors (Lipinski definition) is 2. The summed E-state index contributed by atoms with van der Waals surface area (Å²) in [6.07, 6.45) is 1.70. The molecule has 0 heterocycles. The van der Waals surface area contributed by atoms with Gasteiger partial charge in [0.1, 0.15) is 5.78 Å². The highest BCUT2D eigenvalue weighted by Gasteiger charge is 2.56. The molecule has 18 heavy (non-hydrogen) atoms. The number of Topliss-reactive ketones (excluding diaryl/α,β-unsaturated/α-hetero) is 1. The molecule has 2 N–H and O–H groups in total. The lowest BCUT2D eigenvalue weighted by Crippen LogP contribution is -2.56. The third-order valence-electron chi connectivity index (χ3n) is 5.51. The van der Waals surface area contributed by atoms with Gasteiger partial charge in [0.05, 0.1) is 11.7 Å². The second-order valence-corrected chi connectivity index (χ2v) is 6.86. The zero-order chi connectivity index (χ0) is 13.7. The maximum atomic E-state index is 11.8. The smallest absolute Gasteiger partial charge is 0.133 e. The molecule has 0 aromatic heterocycles. The third-order valence-corrected chi connectivity index (χ3v) is 5.51. The minimum atomic E-state index is -1.03. The van der Waals surface area contributed by atoms with Gasteiger partial charge in [0, 0.05) is 5.92 Å². The molecule has 0 aromatic rings. The van der Waals surface area contributed by atoms with E-state index in [-0.39, 0.29) is 23.5 Å². The van der Waals surface area contributed by atoms with Gasteiger partial charge in [-0.2, -0.15) is 0 Å². The lowest BCUT2D eigenvalue weighted by Gasteiger charge is -2.49. The van der Waals surface area contributed by atoms with E-state index in [1.165, 1.54) is 0 Å². The van der Waals surface area contributed by atoms with Crippen molar-refractivity contribution in [1.82, 2.24) is 0 Å². The third kappa shape index (κ3) is 2.01. The molecule has 6 atom stereocenters. The monoisotopic (exact) mass is 254 g/mol. The maximum Gasteiger partial charge on any atom is 0.133 e. The summed E-state index contributed by atoms with van der Waals surface area (Å²) in [5.74, 6) is 1.45. The zero-order valence-electron chi connectivity index (χ0n) is 11.9. The first-order valence-electron chi connectivity index (χ1n) is 7.17. The Bertz CT molecular complexity index is 335. The first kappa shape index (κ1) is 14.0. The van der Waals surface area contributed by atoms with Gasteiger partial charge in [-0.1, -0.05) is 13.8 Å². The van der Waals surface area contributed by atoms with E-state index in [9.17, 15) is 15.0 Å². The van der Waals surface area contributed by atoms with Gasteiger partial charge in [-0.25, -0.2) is 0 Å². The van der Waals surface area contributed by atoms with Crippen LogP contribution in [0.2, 0.25) is 0 Å². The van der Waals surface area contributed by atoms with Crippen LogP contribution in [0.4, 0.5) is 0 Å². The Morgan fingerprint density at radius 3 is 2.44 bits per heavy atom. The Kier molecular flexibility index (Phi) is 3.58. The molecule has 0 amide bonds. The van der Waals surface area contributed by atoms with Crippen molar-refractivity contribution in [3.05, 3.63) is 0 Å². The zero-order valence-corrected chi connectivity index (χ0v) is 11.9. The highest BCUT2D eigenvalue weighted by Crippen LogP contribution is 2.54. The summed E-state index contributed by atoms with van der Waals surface area (Å²) in [6, 6.07) is 0. The van der Waals surface area contributed by atoms with Gasteiger partial charge in [-0.15, -0.1) is 0 Å². The van der Waals surface area contributed by atoms with Crippen LogP contribution in [0.3, 0.4) is 0 Å². The quantitative estimate of drug-likeness (QED) is 0.792. The lowest BCUT2D eigenvalue weighted by molar-refractivity contribution is -0.164. The molecule has 2 saturated carbocycles. The van der Waals surface area contributed by atoms with Gasteiger partial charge >= 0.3 is 0 Å². The molecule has 0 bridgehead atoms. The van der Waals surface area contributed by atoms with E-state index >= 15 is 0 Å². The van der Waals surface area contributed by atoms with E-state index in [1.54, 1.807) is 13.8 Å². The molecule has 0 aliphatic heterocycles. The molecule has 2 aliphatic rings. The number of fused-ring (bicyclic) bond motifs is 1. The molecule has 2 fully saturated rings. The summed E-state index contributed by atoms with van der Waals surface area (Å²) >= 11 is 0. The molecular formula is C15H26O3. The molecule has 0 aromatic carbocycles. The van der Waals surface area contributed by atoms with Gasteiger partial charge in [-0.3, -0.25) is 4.79 Å². The molecule has 3 nitrogen and oxygen atoms in total. The van der Waals surface area contributed by atoms with Crippen LogP contribution in [0, 0.1) is 29.6 Å². The molecule has 6 unspecified atom stereocenters. The summed E-state index contributed by atoms with van der Waals surface area (Å²) < 4.78 is 0. The van der Waals surface area contributed by atoms with Crippen LogP contribution in [-0.2, 0) is 4.79 Å². The van der Waals surface area contributed by atoms with Crippen LogP contribution in [0.25, 0.3) is 0 Å². The standard InChI is InChI=1S/C15H26O3/c1-8(2)11-7-13(17)15(4,18)12-6-5-10(9(3)16)14(11)12/h8,10-14,17-18H,5-7H2,1-4H3. The largest absolute Gasteiger partial charge is 0.390 e. The van der Waals surface area contributed by atoms with E-state index in [1.807, 2.05) is 0 Å². The number of aliphatic hydroxyl groups is 2. The number of carbonyl (C=O) groups excluding carboxylic acids is 1. The Morgan fingerprint density at radius 1 is 1.33 bits per heavy atom. The fourth-order valence-corrected chi connectivity index (χ4v) is 4.39. The number of rotatable bonds is 2. The molecule has 3 heteroatoms. The predicted molar refractivity (Wildman–Crippen MR) is 70.0 cm³/mol. The molecule has 0 saturated heterocycles. The first-order valence-corrected chi connectivity index (χ1v) is 7.17. The first-order chi connectivity index (χ1) is 8.26. The van der Waals surface area contributed by atoms with Crippen LogP contribution in [0.5, 0.6) is 0 Å². The Balaban J connectivity index is 2.34. The molecule has 0 radical (unpaired) electrons. The summed E-state index contributed by atoms with van der Waals surface area (Å²) in [4.78, 5) is 11.8. The van der Waals surface area contributed by atoms with Crippen molar-refractivity contribution >= 4 is 5.78 Å². The molecular weight excluding hydrogens is 228 g/mol. The molecule has 104 valence electrons. The Hall–Kier alpha value is -0.410. The van der Waals surface area contributed by atoms with Crippen molar-refractivity contribution < 1.29 is 15.0 Å². The summed E-state index contributed by atoms with van der Waals surface area (Å²) in [5.41, 5.74) is -1.03. The van der Waals surface area contributed by atoms with E-state index < -0.39 is 11.7 Å². The summed E-state index contributed by atoms with van der Waals surface area (Å²) in [6.45, 7) is 7.73. The fraction of sp³-hybridized carbons (Fsp3) is 0.933. The van der Waals surface area contributed by atoms with Crippen LogP contribution in [-0.4, -0.2) is 27.7 Å². The molecule has 0 spiro atoms. The van der Waals surface area contributed by atoms with Crippen molar-refractivity contribution in [1.29, 1.82) is 0 Å². The normalized spacial score (nSPS) is 48.3. The molecule has 2 rings (SSSR count). The van der Waals surface area contributed by atoms with E-state index in [0.29, 0.717) is 18.3 Å². The summed E-state index contributed by atoms with van der Waals surface area (Å²) in [7, 11) is 0. The van der Waals surface area contributed by atoms with Crippen molar-refractivity contribution in [3.63, 3.8) is 0 Å². The van der Waals surface area contributed by atoms with Gasteiger partial charge in [0.2, 0.25) is 0 Å². The Labute approximate surface area is 110 Å². The van der Waals surface area contributed by atoms with Crippen LogP contribution >= 0.6 is 0 Å². The van der Waals surface area contributed by atoms with Crippen LogP contribution in [0.15, 0.2) is 0 Å². The minimum Gasteiger partial charge on any atom is -0.390 e. The number of carbonyl (C=O) groups is 1. The highest BCUT2D eigenvalue weighted by molar-refractivity contribution is 5.79. The lowest BCUT2D eigenvalue weighted by atomic mass is 9.60. The number of aliphatic hydroxyl groups excluding tert-OH is 1. The van der Waals surface area contributed by atoms with Crippen molar-refractivity contribution in [2.45, 2.75) is 58.7 Å². The number of hydrogen-bond acceptors (Lipinski definition) is 3. The maximum absolute atomic E-state index is 11.8. The summed E-state index contributed by atoms with van der Waals surface area (Å²) in [5, 5.41) is 20.7. The minimum absolute atomic E-state index is 0.0718. The highest BCUT2D eigenvalue weighted by atomic mass is 16.3. The fourth-order valence-electron chi connectivity index (χ4n) is 4.39. The number of ketones is 1. The predicted octanol–water partition coefficient (Wildman–Crippen LogP) is 2.01. The van der Waals surface area contributed by atoms with Crippen molar-refractivity contribution in [3.8, 4) is 0 Å². The van der Waals surface area contributed by atoms with E-state index in [0.717, 1.165) is 12.8 Å².